The number of nitrogens with one attached hydrogen (secondary N) is 1. The van der Waals surface area contributed by atoms with Gasteiger partial charge in [0, 0.05) is 16.7 Å². The number of hydrazine groups is 1. The number of aryl methyl sites for hydroxylation is 3. The summed E-state index contributed by atoms with van der Waals surface area (Å²) in [4.78, 5) is 26.5. The summed E-state index contributed by atoms with van der Waals surface area (Å²) in [5, 5.41) is 1.37. The first-order valence-corrected chi connectivity index (χ1v) is 11.6. The van der Waals surface area contributed by atoms with Crippen molar-refractivity contribution in [1.82, 2.24) is 10.4 Å². The Bertz CT molecular complexity index is 1040. The zero-order valence-electron chi connectivity index (χ0n) is 19.0. The first-order chi connectivity index (χ1) is 14.5. The van der Waals surface area contributed by atoms with Gasteiger partial charge in [0.25, 0.3) is 11.8 Å². The molecule has 1 N–H and O–H groups in total. The van der Waals surface area contributed by atoms with Gasteiger partial charge in [-0.15, -0.1) is 0 Å². The second-order valence-corrected chi connectivity index (χ2v) is 10.2. The topological polar surface area (TPSA) is 75.7 Å². The van der Waals surface area contributed by atoms with Crippen LogP contribution in [0.1, 0.15) is 70.2 Å². The van der Waals surface area contributed by atoms with E-state index in [4.69, 9.17) is 4.18 Å². The molecule has 7 heteroatoms. The van der Waals surface area contributed by atoms with Crippen LogP contribution >= 0.6 is 0 Å². The molecule has 1 heterocycles. The van der Waals surface area contributed by atoms with Crippen LogP contribution in [-0.2, 0) is 17.5 Å². The lowest BCUT2D eigenvalue weighted by atomic mass is 10.00. The van der Waals surface area contributed by atoms with E-state index in [0.29, 0.717) is 28.2 Å². The van der Waals surface area contributed by atoms with Crippen LogP contribution in [0.25, 0.3) is 0 Å². The average molecular weight is 443 g/mol. The van der Waals surface area contributed by atoms with Crippen LogP contribution in [0.15, 0.2) is 30.3 Å². The molecule has 1 unspecified atom stereocenters. The summed E-state index contributed by atoms with van der Waals surface area (Å²) >= 11 is -1.41. The van der Waals surface area contributed by atoms with E-state index >= 15 is 0 Å². The molecule has 0 saturated carbocycles. The van der Waals surface area contributed by atoms with E-state index in [1.165, 1.54) is 5.01 Å². The second-order valence-electron chi connectivity index (χ2n) is 9.05. The zero-order valence-corrected chi connectivity index (χ0v) is 19.8. The minimum Gasteiger partial charge on any atom is -0.400 e. The molecule has 1 aliphatic heterocycles. The SMILES string of the molecule is Cc1cc(C)cc(C(=O)N(NC(=O)c2ccc3c(c2C)OS(=O)CCC3)C(C)(C)C)c1. The fraction of sp³-hybridized carbons (Fsp3) is 0.417. The molecule has 0 aliphatic carbocycles. The number of benzene rings is 2. The van der Waals surface area contributed by atoms with E-state index in [0.717, 1.165) is 29.5 Å². The van der Waals surface area contributed by atoms with Crippen LogP contribution in [0.5, 0.6) is 5.75 Å². The summed E-state index contributed by atoms with van der Waals surface area (Å²) in [6.07, 6.45) is 1.52. The molecule has 0 radical (unpaired) electrons. The van der Waals surface area contributed by atoms with Crippen molar-refractivity contribution in [3.8, 4) is 5.75 Å². The highest BCUT2D eigenvalue weighted by atomic mass is 32.2. The molecule has 0 spiro atoms. The normalized spacial score (nSPS) is 16.0. The molecule has 3 rings (SSSR count). The van der Waals surface area contributed by atoms with Gasteiger partial charge in [-0.1, -0.05) is 23.3 Å². The number of carbonyl (C=O) groups excluding carboxylic acids is 2. The third kappa shape index (κ3) is 5.15. The molecular formula is C24H30N2O4S. The van der Waals surface area contributed by atoms with E-state index in [1.54, 1.807) is 13.0 Å². The lowest BCUT2D eigenvalue weighted by Crippen LogP contribution is -2.56. The third-order valence-electron chi connectivity index (χ3n) is 5.22. The van der Waals surface area contributed by atoms with Gasteiger partial charge in [-0.25, -0.2) is 9.22 Å². The summed E-state index contributed by atoms with van der Waals surface area (Å²) < 4.78 is 17.6. The number of fused-ring (bicyclic) bond motifs is 1. The zero-order chi connectivity index (χ0) is 22.9. The Hall–Kier alpha value is -2.67. The first kappa shape index (κ1) is 23.0. The fourth-order valence-corrected chi connectivity index (χ4v) is 4.62. The van der Waals surface area contributed by atoms with Crippen molar-refractivity contribution in [2.75, 3.05) is 5.75 Å². The molecule has 0 aromatic heterocycles. The number of rotatable bonds is 2. The summed E-state index contributed by atoms with van der Waals surface area (Å²) in [5.74, 6) is 0.285. The Morgan fingerprint density at radius 1 is 1.06 bits per heavy atom. The third-order valence-corrected chi connectivity index (χ3v) is 6.20. The van der Waals surface area contributed by atoms with Gasteiger partial charge in [-0.05, 0) is 78.1 Å². The lowest BCUT2D eigenvalue weighted by Gasteiger charge is -2.35. The molecule has 1 aliphatic rings. The van der Waals surface area contributed by atoms with Crippen molar-refractivity contribution >= 4 is 22.9 Å². The molecule has 2 aromatic rings. The van der Waals surface area contributed by atoms with Crippen LogP contribution in [-0.4, -0.2) is 32.3 Å². The maximum absolute atomic E-state index is 13.3. The molecule has 166 valence electrons. The predicted octanol–water partition coefficient (Wildman–Crippen LogP) is 4.19. The molecule has 0 fully saturated rings. The maximum atomic E-state index is 13.3. The molecular weight excluding hydrogens is 412 g/mol. The molecule has 1 atom stereocenters. The standard InChI is InChI=1S/C24H30N2O4S/c1-15-12-16(2)14-19(13-15)23(28)26(24(4,5)6)25-22(27)20-10-9-18-8-7-11-31(29)30-21(18)17(20)3/h9-10,12-14H,7-8,11H2,1-6H3,(H,25,27). The Morgan fingerprint density at radius 3 is 2.32 bits per heavy atom. The number of hydrogen-bond donors (Lipinski definition) is 1. The van der Waals surface area contributed by atoms with Crippen molar-refractivity contribution in [3.05, 3.63) is 63.7 Å². The highest BCUT2D eigenvalue weighted by molar-refractivity contribution is 7.80. The Balaban J connectivity index is 1.93. The monoisotopic (exact) mass is 442 g/mol. The van der Waals surface area contributed by atoms with E-state index in [-0.39, 0.29) is 5.91 Å². The van der Waals surface area contributed by atoms with Crippen LogP contribution in [0, 0.1) is 20.8 Å². The molecule has 2 aromatic carbocycles. The van der Waals surface area contributed by atoms with Crippen molar-refractivity contribution < 1.29 is 18.0 Å². The highest BCUT2D eigenvalue weighted by Crippen LogP contribution is 2.31. The summed E-state index contributed by atoms with van der Waals surface area (Å²) in [7, 11) is 0. The molecule has 6 nitrogen and oxygen atoms in total. The maximum Gasteiger partial charge on any atom is 0.272 e. The fourth-order valence-electron chi connectivity index (χ4n) is 3.73. The van der Waals surface area contributed by atoms with Crippen molar-refractivity contribution in [2.24, 2.45) is 0 Å². The van der Waals surface area contributed by atoms with Crippen molar-refractivity contribution in [2.45, 2.75) is 59.9 Å². The lowest BCUT2D eigenvalue weighted by molar-refractivity contribution is 0.0358. The minimum absolute atomic E-state index is 0.280. The van der Waals surface area contributed by atoms with E-state index in [9.17, 15) is 13.8 Å². The van der Waals surface area contributed by atoms with Gasteiger partial charge in [-0.2, -0.15) is 0 Å². The summed E-state index contributed by atoms with van der Waals surface area (Å²) in [5.41, 5.74) is 6.59. The smallest absolute Gasteiger partial charge is 0.272 e. The molecule has 2 amide bonds. The van der Waals surface area contributed by atoms with Crippen LogP contribution in [0.3, 0.4) is 0 Å². The van der Waals surface area contributed by atoms with Gasteiger partial charge >= 0.3 is 0 Å². The summed E-state index contributed by atoms with van der Waals surface area (Å²) in [6, 6.07) is 9.21. The molecule has 31 heavy (non-hydrogen) atoms. The number of amides is 2. The largest absolute Gasteiger partial charge is 0.400 e. The van der Waals surface area contributed by atoms with Gasteiger partial charge in [0.05, 0.1) is 11.3 Å². The van der Waals surface area contributed by atoms with E-state index < -0.39 is 22.5 Å². The highest BCUT2D eigenvalue weighted by Gasteiger charge is 2.31. The van der Waals surface area contributed by atoms with E-state index in [1.807, 2.05) is 58.9 Å². The summed E-state index contributed by atoms with van der Waals surface area (Å²) in [6.45, 7) is 11.3. The second kappa shape index (κ2) is 8.83. The van der Waals surface area contributed by atoms with E-state index in [2.05, 4.69) is 5.43 Å². The van der Waals surface area contributed by atoms with Gasteiger partial charge in [-0.3, -0.25) is 15.0 Å². The van der Waals surface area contributed by atoms with Gasteiger partial charge in [0.2, 0.25) is 11.1 Å². The number of hydrogen-bond acceptors (Lipinski definition) is 4. The van der Waals surface area contributed by atoms with Crippen LogP contribution < -0.4 is 9.61 Å². The van der Waals surface area contributed by atoms with Gasteiger partial charge in [0.1, 0.15) is 5.75 Å². The number of carbonyl (C=O) groups is 2. The average Bonchev–Trinajstić information content (AvgIpc) is 2.85. The van der Waals surface area contributed by atoms with Gasteiger partial charge < -0.3 is 4.18 Å². The minimum atomic E-state index is -1.41. The molecule has 0 bridgehead atoms. The Kier molecular flexibility index (Phi) is 6.55. The van der Waals surface area contributed by atoms with Gasteiger partial charge in [0.15, 0.2) is 0 Å². The molecule has 0 saturated heterocycles. The predicted molar refractivity (Wildman–Crippen MR) is 122 cm³/mol. The van der Waals surface area contributed by atoms with Crippen LogP contribution in [0.4, 0.5) is 0 Å². The quantitative estimate of drug-likeness (QED) is 0.708. The van der Waals surface area contributed by atoms with Crippen molar-refractivity contribution in [3.63, 3.8) is 0 Å². The Labute approximate surface area is 186 Å². The number of nitrogens with zero attached hydrogens (tertiary/aromatic N) is 1. The van der Waals surface area contributed by atoms with Crippen LogP contribution in [0.2, 0.25) is 0 Å². The Morgan fingerprint density at radius 2 is 1.71 bits per heavy atom. The van der Waals surface area contributed by atoms with Crippen molar-refractivity contribution in [1.29, 1.82) is 0 Å². The first-order valence-electron chi connectivity index (χ1n) is 10.4.